The van der Waals surface area contributed by atoms with Crippen molar-refractivity contribution in [2.24, 2.45) is 0 Å². The van der Waals surface area contributed by atoms with Crippen LogP contribution in [0.1, 0.15) is 12.8 Å². The predicted molar refractivity (Wildman–Crippen MR) is 117 cm³/mol. The van der Waals surface area contributed by atoms with Crippen molar-refractivity contribution >= 4 is 23.4 Å². The number of carbonyl (C=O) groups excluding carboxylic acids is 1. The summed E-state index contributed by atoms with van der Waals surface area (Å²) < 4.78 is 6.65. The first-order chi connectivity index (χ1) is 14.1. The lowest BCUT2D eigenvalue weighted by Crippen LogP contribution is -2.23. The number of methoxy groups -OCH3 is 1. The number of aryl methyl sites for hydroxylation is 1. The number of hydrogen-bond acceptors (Lipinski definition) is 5. The number of nitrogens with one attached hydrogen (secondary N) is 1. The van der Waals surface area contributed by atoms with Gasteiger partial charge in [-0.05, 0) is 43.0 Å². The van der Waals surface area contributed by atoms with Gasteiger partial charge in [0.2, 0.25) is 5.91 Å². The van der Waals surface area contributed by atoms with Crippen molar-refractivity contribution in [2.75, 3.05) is 18.7 Å². The normalized spacial score (nSPS) is 10.6. The molecule has 0 atom stereocenters. The summed E-state index contributed by atoms with van der Waals surface area (Å²) in [6, 6.07) is 18.4. The van der Waals surface area contributed by atoms with Gasteiger partial charge in [-0.3, -0.25) is 9.59 Å². The van der Waals surface area contributed by atoms with Gasteiger partial charge in [0.15, 0.2) is 0 Å². The molecule has 1 heterocycles. The largest absolute Gasteiger partial charge is 0.497 e. The Labute approximate surface area is 173 Å². The van der Waals surface area contributed by atoms with Crippen LogP contribution in [0.25, 0.3) is 11.3 Å². The molecule has 0 unspecified atom stereocenters. The van der Waals surface area contributed by atoms with E-state index >= 15 is 0 Å². The summed E-state index contributed by atoms with van der Waals surface area (Å²) in [6.45, 7) is 0.369. The highest BCUT2D eigenvalue weighted by Gasteiger charge is 2.08. The molecule has 150 valence electrons. The molecule has 0 saturated heterocycles. The topological polar surface area (TPSA) is 73.2 Å². The Kier molecular flexibility index (Phi) is 7.08. The van der Waals surface area contributed by atoms with Gasteiger partial charge in [-0.1, -0.05) is 24.3 Å². The highest BCUT2D eigenvalue weighted by Crippen LogP contribution is 2.25. The molecule has 1 N–H and O–H groups in total. The number of amides is 1. The van der Waals surface area contributed by atoms with Crippen LogP contribution in [0, 0.1) is 0 Å². The average Bonchev–Trinajstić information content (AvgIpc) is 2.75. The number of carbonyl (C=O) groups is 1. The molecule has 0 radical (unpaired) electrons. The first kappa shape index (κ1) is 20.7. The lowest BCUT2D eigenvalue weighted by atomic mass is 10.1. The minimum absolute atomic E-state index is 0.0801. The zero-order valence-corrected chi connectivity index (χ0v) is 17.2. The van der Waals surface area contributed by atoms with Gasteiger partial charge in [-0.2, -0.15) is 5.10 Å². The molecule has 1 aromatic heterocycles. The maximum Gasteiger partial charge on any atom is 0.266 e. The number of ether oxygens (including phenoxy) is 1. The summed E-state index contributed by atoms with van der Waals surface area (Å²) in [4.78, 5) is 25.4. The van der Waals surface area contributed by atoms with Gasteiger partial charge in [-0.25, -0.2) is 4.68 Å². The Morgan fingerprint density at radius 3 is 2.76 bits per heavy atom. The molecular weight excluding hydrogens is 386 g/mol. The highest BCUT2D eigenvalue weighted by molar-refractivity contribution is 7.98. The number of anilines is 1. The fourth-order valence-electron chi connectivity index (χ4n) is 2.90. The molecule has 0 aliphatic rings. The number of para-hydroxylation sites is 1. The Balaban J connectivity index is 1.63. The number of benzene rings is 2. The number of nitrogens with zero attached hydrogens (tertiary/aromatic N) is 2. The molecule has 0 aliphatic heterocycles. The SMILES string of the molecule is COc1cccc(-c2ccc(=O)n(CCCC(=O)Nc3ccccc3SC)n2)c1. The van der Waals surface area contributed by atoms with E-state index < -0.39 is 0 Å². The second-order valence-electron chi connectivity index (χ2n) is 6.36. The Morgan fingerprint density at radius 2 is 1.97 bits per heavy atom. The van der Waals surface area contributed by atoms with Gasteiger partial charge in [0.1, 0.15) is 5.75 Å². The van der Waals surface area contributed by atoms with Crippen molar-refractivity contribution in [1.29, 1.82) is 0 Å². The molecule has 0 aliphatic carbocycles. The fraction of sp³-hybridized carbons (Fsp3) is 0.227. The zero-order valence-electron chi connectivity index (χ0n) is 16.4. The summed E-state index contributed by atoms with van der Waals surface area (Å²) in [7, 11) is 1.61. The minimum atomic E-state index is -0.190. The van der Waals surface area contributed by atoms with E-state index in [1.54, 1.807) is 24.9 Å². The van der Waals surface area contributed by atoms with Crippen LogP contribution < -0.4 is 15.6 Å². The van der Waals surface area contributed by atoms with Crippen molar-refractivity contribution in [3.8, 4) is 17.0 Å². The first-order valence-corrected chi connectivity index (χ1v) is 10.5. The van der Waals surface area contributed by atoms with E-state index in [1.807, 2.05) is 54.8 Å². The Hall–Kier alpha value is -3.06. The maximum atomic E-state index is 12.3. The van der Waals surface area contributed by atoms with Crippen molar-refractivity contribution in [2.45, 2.75) is 24.3 Å². The van der Waals surface area contributed by atoms with Crippen LogP contribution in [-0.4, -0.2) is 29.1 Å². The van der Waals surface area contributed by atoms with E-state index in [2.05, 4.69) is 10.4 Å². The third-order valence-corrected chi connectivity index (χ3v) is 5.18. The number of thioether (sulfide) groups is 1. The second kappa shape index (κ2) is 9.93. The van der Waals surface area contributed by atoms with Gasteiger partial charge < -0.3 is 10.1 Å². The molecule has 0 fully saturated rings. The molecule has 0 bridgehead atoms. The molecule has 0 saturated carbocycles. The molecular formula is C22H23N3O3S. The van der Waals surface area contributed by atoms with E-state index in [9.17, 15) is 9.59 Å². The zero-order chi connectivity index (χ0) is 20.6. The van der Waals surface area contributed by atoms with Gasteiger partial charge >= 0.3 is 0 Å². The summed E-state index contributed by atoms with van der Waals surface area (Å²) in [5.41, 5.74) is 2.16. The van der Waals surface area contributed by atoms with Gasteiger partial charge in [0.05, 0.1) is 18.5 Å². The van der Waals surface area contributed by atoms with Gasteiger partial charge in [-0.15, -0.1) is 11.8 Å². The van der Waals surface area contributed by atoms with Crippen molar-refractivity contribution in [3.05, 3.63) is 71.0 Å². The predicted octanol–water partition coefficient (Wildman–Crippen LogP) is 4.06. The van der Waals surface area contributed by atoms with E-state index in [0.29, 0.717) is 25.1 Å². The van der Waals surface area contributed by atoms with Crippen molar-refractivity contribution in [1.82, 2.24) is 9.78 Å². The number of aromatic nitrogens is 2. The van der Waals surface area contributed by atoms with Crippen molar-refractivity contribution < 1.29 is 9.53 Å². The van der Waals surface area contributed by atoms with E-state index in [0.717, 1.165) is 21.9 Å². The first-order valence-electron chi connectivity index (χ1n) is 9.26. The van der Waals surface area contributed by atoms with Crippen molar-refractivity contribution in [3.63, 3.8) is 0 Å². The van der Waals surface area contributed by atoms with Crippen LogP contribution in [0.5, 0.6) is 5.75 Å². The van der Waals surface area contributed by atoms with Crippen LogP contribution in [0.4, 0.5) is 5.69 Å². The molecule has 0 spiro atoms. The number of hydrogen-bond donors (Lipinski definition) is 1. The smallest absolute Gasteiger partial charge is 0.266 e. The molecule has 3 rings (SSSR count). The van der Waals surface area contributed by atoms with Crippen LogP contribution in [0.15, 0.2) is 70.4 Å². The highest BCUT2D eigenvalue weighted by atomic mass is 32.2. The molecule has 6 nitrogen and oxygen atoms in total. The summed E-state index contributed by atoms with van der Waals surface area (Å²) in [5, 5.41) is 7.37. The fourth-order valence-corrected chi connectivity index (χ4v) is 3.45. The number of rotatable bonds is 8. The standard InChI is InChI=1S/C22H23N3O3S/c1-28-17-8-5-7-16(15-17)18-12-13-22(27)25(24-18)14-6-11-21(26)23-19-9-3-4-10-20(19)29-2/h3-5,7-10,12-13,15H,6,11,14H2,1-2H3,(H,23,26). The van der Waals surface area contributed by atoms with E-state index in [-0.39, 0.29) is 11.5 Å². The van der Waals surface area contributed by atoms with Crippen LogP contribution in [-0.2, 0) is 11.3 Å². The van der Waals surface area contributed by atoms with Crippen LogP contribution in [0.3, 0.4) is 0 Å². The van der Waals surface area contributed by atoms with E-state index in [1.165, 1.54) is 10.7 Å². The van der Waals surface area contributed by atoms with Gasteiger partial charge in [0, 0.05) is 29.5 Å². The molecule has 2 aromatic carbocycles. The van der Waals surface area contributed by atoms with Gasteiger partial charge in [0.25, 0.3) is 5.56 Å². The Morgan fingerprint density at radius 1 is 1.14 bits per heavy atom. The quantitative estimate of drug-likeness (QED) is 0.568. The summed E-state index contributed by atoms with van der Waals surface area (Å²) in [5.74, 6) is 0.646. The Bertz CT molecular complexity index is 1050. The lowest BCUT2D eigenvalue weighted by molar-refractivity contribution is -0.116. The molecule has 1 amide bonds. The van der Waals surface area contributed by atoms with Crippen LogP contribution in [0.2, 0.25) is 0 Å². The second-order valence-corrected chi connectivity index (χ2v) is 7.21. The minimum Gasteiger partial charge on any atom is -0.497 e. The maximum absolute atomic E-state index is 12.3. The molecule has 29 heavy (non-hydrogen) atoms. The summed E-state index contributed by atoms with van der Waals surface area (Å²) in [6.07, 6.45) is 2.79. The third-order valence-electron chi connectivity index (χ3n) is 4.39. The molecule has 3 aromatic rings. The van der Waals surface area contributed by atoms with Crippen LogP contribution >= 0.6 is 11.8 Å². The summed E-state index contributed by atoms with van der Waals surface area (Å²) >= 11 is 1.58. The monoisotopic (exact) mass is 409 g/mol. The third kappa shape index (κ3) is 5.48. The van der Waals surface area contributed by atoms with E-state index in [4.69, 9.17) is 4.74 Å². The lowest BCUT2D eigenvalue weighted by Gasteiger charge is -2.10. The molecule has 7 heteroatoms. The average molecular weight is 410 g/mol.